The second-order valence-corrected chi connectivity index (χ2v) is 14.2. The van der Waals surface area contributed by atoms with E-state index in [2.05, 4.69) is 10.3 Å². The molecule has 44 heavy (non-hydrogen) atoms. The number of pyridine rings is 1. The predicted molar refractivity (Wildman–Crippen MR) is 172 cm³/mol. The largest absolute Gasteiger partial charge is 0.387 e. The van der Waals surface area contributed by atoms with Gasteiger partial charge >= 0.3 is 0 Å². The van der Waals surface area contributed by atoms with Crippen molar-refractivity contribution in [3.05, 3.63) is 30.1 Å². The molecule has 0 aliphatic heterocycles. The summed E-state index contributed by atoms with van der Waals surface area (Å²) >= 11 is 0. The summed E-state index contributed by atoms with van der Waals surface area (Å²) in [6.45, 7) is 7.57. The van der Waals surface area contributed by atoms with Gasteiger partial charge in [-0.2, -0.15) is 0 Å². The summed E-state index contributed by atoms with van der Waals surface area (Å²) in [5.41, 5.74) is 8.95. The number of ketones is 2. The summed E-state index contributed by atoms with van der Waals surface area (Å²) in [6, 6.07) is 2.95. The van der Waals surface area contributed by atoms with Gasteiger partial charge in [0.1, 0.15) is 23.3 Å². The minimum atomic E-state index is -2.19. The molecule has 9 heteroatoms. The van der Waals surface area contributed by atoms with Crippen molar-refractivity contribution >= 4 is 17.5 Å². The van der Waals surface area contributed by atoms with Gasteiger partial charge in [-0.3, -0.25) is 19.4 Å². The Bertz CT molecular complexity index is 1070. The molecule has 2 fully saturated rings. The van der Waals surface area contributed by atoms with Crippen LogP contribution in [0.2, 0.25) is 0 Å². The fourth-order valence-corrected chi connectivity index (χ4v) is 7.35. The van der Waals surface area contributed by atoms with E-state index in [0.717, 1.165) is 44.9 Å². The molecule has 3 rings (SSSR count). The monoisotopic (exact) mass is 614 g/mol. The molecule has 1 heterocycles. The van der Waals surface area contributed by atoms with Crippen LogP contribution in [0.4, 0.5) is 0 Å². The first-order valence-electron chi connectivity index (χ1n) is 17.1. The van der Waals surface area contributed by atoms with Crippen LogP contribution in [0.3, 0.4) is 0 Å². The van der Waals surface area contributed by atoms with Crippen LogP contribution in [-0.2, 0) is 14.4 Å². The highest BCUT2D eigenvalue weighted by molar-refractivity contribution is 6.09. The van der Waals surface area contributed by atoms with Crippen molar-refractivity contribution in [1.29, 1.82) is 0 Å². The highest BCUT2D eigenvalue weighted by Crippen LogP contribution is 2.43. The van der Waals surface area contributed by atoms with Crippen molar-refractivity contribution in [2.24, 2.45) is 40.6 Å². The Morgan fingerprint density at radius 3 is 2.18 bits per heavy atom. The molecule has 1 aromatic rings. The predicted octanol–water partition coefficient (Wildman–Crippen LogP) is 4.73. The lowest BCUT2D eigenvalue weighted by Gasteiger charge is -2.45. The number of hydrogen-bond donors (Lipinski definition) is 5. The zero-order valence-corrected chi connectivity index (χ0v) is 27.5. The number of nitrogens with two attached hydrogens (primary N) is 2. The molecule has 1 amide bonds. The number of nitrogens with zero attached hydrogens (tertiary/aromatic N) is 1. The van der Waals surface area contributed by atoms with Gasteiger partial charge < -0.3 is 27.0 Å². The lowest BCUT2D eigenvalue weighted by molar-refractivity contribution is -0.178. The van der Waals surface area contributed by atoms with Crippen molar-refractivity contribution in [1.82, 2.24) is 10.3 Å². The first-order chi connectivity index (χ1) is 20.8. The van der Waals surface area contributed by atoms with Gasteiger partial charge in [0.15, 0.2) is 11.6 Å². The third kappa shape index (κ3) is 8.74. The van der Waals surface area contributed by atoms with Crippen molar-refractivity contribution < 1.29 is 24.6 Å². The Morgan fingerprint density at radius 1 is 1.02 bits per heavy atom. The SMILES string of the molecule is CC[C@H](C)[C@H](N)C(=O)C(NC(=O)[C@@](CC(C)C)(C(=O)C1CCCCC1)[C@@H](O)[C@](N)(O)CCC1CCCCC1)c1ccccn1. The maximum atomic E-state index is 14.7. The molecule has 7 N–H and O–H groups in total. The van der Waals surface area contributed by atoms with Crippen LogP contribution in [0.5, 0.6) is 0 Å². The van der Waals surface area contributed by atoms with Gasteiger partial charge in [0.05, 0.1) is 11.7 Å². The third-order valence-corrected chi connectivity index (χ3v) is 10.3. The van der Waals surface area contributed by atoms with Crippen LogP contribution in [-0.4, -0.2) is 50.5 Å². The van der Waals surface area contributed by atoms with Gasteiger partial charge in [-0.15, -0.1) is 0 Å². The number of hydrogen-bond acceptors (Lipinski definition) is 8. The van der Waals surface area contributed by atoms with Crippen LogP contribution in [0.15, 0.2) is 24.4 Å². The molecule has 0 aromatic carbocycles. The van der Waals surface area contributed by atoms with Gasteiger partial charge in [0.2, 0.25) is 5.91 Å². The Hall–Kier alpha value is -2.20. The van der Waals surface area contributed by atoms with Crippen LogP contribution in [0, 0.1) is 29.1 Å². The topological polar surface area (TPSA) is 169 Å². The van der Waals surface area contributed by atoms with Crippen molar-refractivity contribution in [3.8, 4) is 0 Å². The van der Waals surface area contributed by atoms with Crippen molar-refractivity contribution in [2.75, 3.05) is 0 Å². The lowest BCUT2D eigenvalue weighted by atomic mass is 9.63. The van der Waals surface area contributed by atoms with E-state index in [1.165, 1.54) is 12.6 Å². The molecule has 1 unspecified atom stereocenters. The highest BCUT2D eigenvalue weighted by Gasteiger charge is 2.59. The quantitative estimate of drug-likeness (QED) is 0.131. The van der Waals surface area contributed by atoms with E-state index < -0.39 is 52.7 Å². The maximum Gasteiger partial charge on any atom is 0.237 e. The average molecular weight is 615 g/mol. The molecule has 2 saturated carbocycles. The van der Waals surface area contributed by atoms with E-state index >= 15 is 0 Å². The Labute approximate surface area is 264 Å². The van der Waals surface area contributed by atoms with E-state index in [4.69, 9.17) is 11.5 Å². The van der Waals surface area contributed by atoms with Crippen LogP contribution < -0.4 is 16.8 Å². The maximum absolute atomic E-state index is 14.7. The summed E-state index contributed by atoms with van der Waals surface area (Å²) in [5, 5.41) is 26.7. The van der Waals surface area contributed by atoms with Crippen LogP contribution in [0.25, 0.3) is 0 Å². The molecule has 6 atom stereocenters. The fourth-order valence-electron chi connectivity index (χ4n) is 7.35. The Kier molecular flexibility index (Phi) is 13.5. The highest BCUT2D eigenvalue weighted by atomic mass is 16.4. The van der Waals surface area contributed by atoms with Gasteiger partial charge in [0.25, 0.3) is 0 Å². The molecule has 0 radical (unpaired) electrons. The zero-order chi connectivity index (χ0) is 32.5. The molecule has 1 aromatic heterocycles. The van der Waals surface area contributed by atoms with Crippen LogP contribution >= 0.6 is 0 Å². The van der Waals surface area contributed by atoms with Gasteiger partial charge in [0, 0.05) is 12.1 Å². The third-order valence-electron chi connectivity index (χ3n) is 10.3. The molecule has 0 saturated heterocycles. The standard InChI is InChI=1S/C35H58N4O5/c1-5-24(4)28(36)30(40)29(27-18-12-13-21-38-27)39-33(43)34(22-23(2)3,31(41)26-16-10-7-11-17-26)32(42)35(37,44)20-19-25-14-8-6-9-15-25/h12-13,18,21,23-26,28-29,32,42,44H,5-11,14-17,19-20,22,36-37H2,1-4H3,(H,39,43)/t24-,28-,29?,32+,34-,35+/m0/s1. The number of aliphatic hydroxyl groups excluding tert-OH is 1. The van der Waals surface area contributed by atoms with E-state index in [-0.39, 0.29) is 24.7 Å². The molecule has 0 spiro atoms. The number of carbonyl (C=O) groups is 3. The van der Waals surface area contributed by atoms with Gasteiger partial charge in [-0.05, 0) is 62.0 Å². The second-order valence-electron chi connectivity index (χ2n) is 14.2. The lowest BCUT2D eigenvalue weighted by Crippen LogP contribution is -2.67. The number of aromatic nitrogens is 1. The number of rotatable bonds is 16. The van der Waals surface area contributed by atoms with E-state index in [1.54, 1.807) is 18.2 Å². The molecule has 9 nitrogen and oxygen atoms in total. The van der Waals surface area contributed by atoms with Crippen LogP contribution in [0.1, 0.15) is 129 Å². The number of carbonyl (C=O) groups excluding carboxylic acids is 3. The first-order valence-corrected chi connectivity index (χ1v) is 17.1. The molecule has 0 bridgehead atoms. The number of aliphatic hydroxyl groups is 2. The Morgan fingerprint density at radius 2 is 1.64 bits per heavy atom. The molecular weight excluding hydrogens is 556 g/mol. The summed E-state index contributed by atoms with van der Waals surface area (Å²) in [7, 11) is 0. The summed E-state index contributed by atoms with van der Waals surface area (Å²) in [4.78, 5) is 47.6. The fraction of sp³-hybridized carbons (Fsp3) is 0.771. The molecule has 2 aliphatic carbocycles. The number of Topliss-reactive ketones (excluding diaryl/α,β-unsaturated/α-hetero) is 2. The van der Waals surface area contributed by atoms with Crippen molar-refractivity contribution in [3.63, 3.8) is 0 Å². The zero-order valence-electron chi connectivity index (χ0n) is 27.5. The van der Waals surface area contributed by atoms with Crippen molar-refractivity contribution in [2.45, 2.75) is 141 Å². The first kappa shape index (κ1) is 36.3. The molecular formula is C35H58N4O5. The van der Waals surface area contributed by atoms with Gasteiger partial charge in [-0.1, -0.05) is 91.5 Å². The number of nitrogens with one attached hydrogen (secondary N) is 1. The van der Waals surface area contributed by atoms with E-state index in [9.17, 15) is 24.6 Å². The second kappa shape index (κ2) is 16.4. The minimum absolute atomic E-state index is 0.0290. The number of amides is 1. The smallest absolute Gasteiger partial charge is 0.237 e. The summed E-state index contributed by atoms with van der Waals surface area (Å²) in [6.07, 6.45) is 10.4. The minimum Gasteiger partial charge on any atom is -0.387 e. The summed E-state index contributed by atoms with van der Waals surface area (Å²) in [5.74, 6) is -2.08. The molecule has 2 aliphatic rings. The Balaban J connectivity index is 2.07. The van der Waals surface area contributed by atoms with Gasteiger partial charge in [-0.25, -0.2) is 0 Å². The summed E-state index contributed by atoms with van der Waals surface area (Å²) < 4.78 is 0. The van der Waals surface area contributed by atoms with E-state index in [1.807, 2.05) is 27.7 Å². The normalized spacial score (nSPS) is 22.3. The van der Waals surface area contributed by atoms with E-state index in [0.29, 0.717) is 37.3 Å². The average Bonchev–Trinajstić information content (AvgIpc) is 3.04. The molecule has 248 valence electrons.